The Morgan fingerprint density at radius 2 is 1.71 bits per heavy atom. The molecule has 7 nitrogen and oxygen atoms in total. The van der Waals surface area contributed by atoms with E-state index in [2.05, 4.69) is 5.32 Å². The molecule has 38 heavy (non-hydrogen) atoms. The van der Waals surface area contributed by atoms with Gasteiger partial charge in [-0.25, -0.2) is 18.4 Å². The number of unbranched alkanes of at least 4 members (excludes halogenated alkanes) is 1. The minimum atomic E-state index is -3.12. The zero-order valence-electron chi connectivity index (χ0n) is 22.3. The Kier molecular flexibility index (Phi) is 9.94. The van der Waals surface area contributed by atoms with Gasteiger partial charge in [0.05, 0.1) is 19.3 Å². The highest BCUT2D eigenvalue weighted by molar-refractivity contribution is 5.88. The third-order valence-corrected chi connectivity index (χ3v) is 6.73. The van der Waals surface area contributed by atoms with Crippen molar-refractivity contribution in [3.63, 3.8) is 0 Å². The summed E-state index contributed by atoms with van der Waals surface area (Å²) in [4.78, 5) is 26.8. The van der Waals surface area contributed by atoms with Crippen LogP contribution in [0.15, 0.2) is 48.5 Å². The lowest BCUT2D eigenvalue weighted by atomic mass is 9.73. The van der Waals surface area contributed by atoms with E-state index < -0.39 is 42.3 Å². The van der Waals surface area contributed by atoms with Crippen LogP contribution >= 0.6 is 0 Å². The van der Waals surface area contributed by atoms with Crippen LogP contribution in [0.2, 0.25) is 0 Å². The Morgan fingerprint density at radius 1 is 1.05 bits per heavy atom. The number of hydrogen-bond acceptors (Lipinski definition) is 4. The van der Waals surface area contributed by atoms with Gasteiger partial charge >= 0.3 is 12.0 Å². The highest BCUT2D eigenvalue weighted by Crippen LogP contribution is 2.46. The van der Waals surface area contributed by atoms with Crippen LogP contribution in [0.4, 0.5) is 13.6 Å². The number of aryl methyl sites for hydroxylation is 1. The van der Waals surface area contributed by atoms with Crippen molar-refractivity contribution in [1.29, 1.82) is 0 Å². The normalized spacial score (nSPS) is 16.1. The Labute approximate surface area is 223 Å². The molecule has 208 valence electrons. The molecule has 1 aliphatic carbocycles. The highest BCUT2D eigenvalue weighted by atomic mass is 19.3. The number of ether oxygens (including phenoxy) is 2. The molecule has 1 fully saturated rings. The SMILES string of the molecule is CCCOc1cc(OCC)cc(C(C)N(CCCCc2ccccc2)C(=O)NC2(C(=O)O)CC(F)(F)C2)c1. The molecule has 1 unspecified atom stereocenters. The van der Waals surface area contributed by atoms with Crippen LogP contribution in [0.5, 0.6) is 11.5 Å². The van der Waals surface area contributed by atoms with Crippen molar-refractivity contribution in [2.24, 2.45) is 0 Å². The molecule has 2 aromatic carbocycles. The van der Waals surface area contributed by atoms with Gasteiger partial charge in [-0.1, -0.05) is 37.3 Å². The van der Waals surface area contributed by atoms with E-state index in [4.69, 9.17) is 9.47 Å². The number of halogens is 2. The zero-order valence-corrected chi connectivity index (χ0v) is 22.3. The summed E-state index contributed by atoms with van der Waals surface area (Å²) in [6.45, 7) is 6.98. The first kappa shape index (κ1) is 29.2. The van der Waals surface area contributed by atoms with E-state index in [1.165, 1.54) is 10.5 Å². The topological polar surface area (TPSA) is 88.1 Å². The molecule has 0 aromatic heterocycles. The number of urea groups is 1. The average Bonchev–Trinajstić information content (AvgIpc) is 2.86. The molecule has 0 saturated heterocycles. The predicted molar refractivity (Wildman–Crippen MR) is 141 cm³/mol. The molecule has 1 atom stereocenters. The second-order valence-corrected chi connectivity index (χ2v) is 9.86. The lowest BCUT2D eigenvalue weighted by molar-refractivity contribution is -0.175. The van der Waals surface area contributed by atoms with Crippen LogP contribution < -0.4 is 14.8 Å². The fourth-order valence-electron chi connectivity index (χ4n) is 4.70. The largest absolute Gasteiger partial charge is 0.494 e. The smallest absolute Gasteiger partial charge is 0.329 e. The summed E-state index contributed by atoms with van der Waals surface area (Å²) in [5, 5.41) is 12.1. The van der Waals surface area contributed by atoms with Gasteiger partial charge in [-0.15, -0.1) is 0 Å². The molecular weight excluding hydrogens is 494 g/mol. The average molecular weight is 533 g/mol. The van der Waals surface area contributed by atoms with Gasteiger partial charge in [0.25, 0.3) is 5.92 Å². The molecule has 2 aromatic rings. The first-order valence-electron chi connectivity index (χ1n) is 13.2. The van der Waals surface area contributed by atoms with E-state index in [1.807, 2.05) is 63.2 Å². The number of nitrogens with zero attached hydrogens (tertiary/aromatic N) is 1. The second-order valence-electron chi connectivity index (χ2n) is 9.86. The maximum atomic E-state index is 13.7. The Balaban J connectivity index is 1.82. The number of aliphatic carboxylic acids is 1. The number of hydrogen-bond donors (Lipinski definition) is 2. The molecule has 2 amide bonds. The first-order chi connectivity index (χ1) is 18.1. The molecule has 0 bridgehead atoms. The monoisotopic (exact) mass is 532 g/mol. The zero-order chi connectivity index (χ0) is 27.8. The maximum Gasteiger partial charge on any atom is 0.329 e. The maximum absolute atomic E-state index is 13.7. The molecule has 0 heterocycles. The van der Waals surface area contributed by atoms with E-state index >= 15 is 0 Å². The van der Waals surface area contributed by atoms with Crippen LogP contribution in [0.25, 0.3) is 0 Å². The third kappa shape index (κ3) is 7.58. The number of benzene rings is 2. The van der Waals surface area contributed by atoms with Crippen molar-refractivity contribution >= 4 is 12.0 Å². The Hall–Kier alpha value is -3.36. The van der Waals surface area contributed by atoms with Crippen LogP contribution in [0.1, 0.15) is 70.0 Å². The van der Waals surface area contributed by atoms with E-state index in [-0.39, 0.29) is 0 Å². The summed E-state index contributed by atoms with van der Waals surface area (Å²) in [5.41, 5.74) is -0.0608. The summed E-state index contributed by atoms with van der Waals surface area (Å²) < 4.78 is 38.9. The van der Waals surface area contributed by atoms with Crippen molar-refractivity contribution in [2.75, 3.05) is 19.8 Å². The molecule has 1 aliphatic rings. The van der Waals surface area contributed by atoms with Gasteiger partial charge < -0.3 is 24.8 Å². The van der Waals surface area contributed by atoms with Crippen LogP contribution in [0.3, 0.4) is 0 Å². The molecular formula is C29H38F2N2O5. The summed E-state index contributed by atoms with van der Waals surface area (Å²) in [7, 11) is 0. The van der Waals surface area contributed by atoms with E-state index in [9.17, 15) is 23.5 Å². The van der Waals surface area contributed by atoms with Gasteiger partial charge in [0, 0.05) is 25.5 Å². The number of carboxylic acid groups (broad SMARTS) is 1. The van der Waals surface area contributed by atoms with Gasteiger partial charge in [0.15, 0.2) is 5.54 Å². The number of nitrogens with one attached hydrogen (secondary N) is 1. The van der Waals surface area contributed by atoms with Gasteiger partial charge in [-0.05, 0) is 62.8 Å². The summed E-state index contributed by atoms with van der Waals surface area (Å²) >= 11 is 0. The van der Waals surface area contributed by atoms with Gasteiger partial charge in [-0.3, -0.25) is 0 Å². The minimum absolute atomic E-state index is 0.315. The third-order valence-electron chi connectivity index (χ3n) is 6.73. The van der Waals surface area contributed by atoms with Crippen molar-refractivity contribution in [2.45, 2.75) is 76.8 Å². The quantitative estimate of drug-likeness (QED) is 0.282. The molecule has 0 spiro atoms. The standard InChI is InChI=1S/C29H38F2N2O5/c1-4-15-38-25-17-23(16-24(18-25)37-5-2)21(3)33(14-10-9-13-22-11-7-6-8-12-22)27(36)32-28(26(34)35)19-29(30,31)20-28/h6-8,11-12,16-18,21H,4-5,9-10,13-15,19-20H2,1-3H3,(H,32,36)(H,34,35). The molecule has 0 aliphatic heterocycles. The van der Waals surface area contributed by atoms with Crippen molar-refractivity contribution in [3.8, 4) is 11.5 Å². The highest BCUT2D eigenvalue weighted by Gasteiger charge is 2.62. The minimum Gasteiger partial charge on any atom is -0.494 e. The molecule has 9 heteroatoms. The van der Waals surface area contributed by atoms with Crippen LogP contribution in [-0.4, -0.2) is 53.2 Å². The molecule has 2 N–H and O–H groups in total. The van der Waals surface area contributed by atoms with Gasteiger partial charge in [0.1, 0.15) is 11.5 Å². The van der Waals surface area contributed by atoms with E-state index in [1.54, 1.807) is 6.07 Å². The number of carbonyl (C=O) groups excluding carboxylic acids is 1. The molecule has 3 rings (SSSR count). The number of carbonyl (C=O) groups is 2. The summed E-state index contributed by atoms with van der Waals surface area (Å²) in [5.74, 6) is -3.38. The number of rotatable bonds is 14. The van der Waals surface area contributed by atoms with Crippen LogP contribution in [-0.2, 0) is 11.2 Å². The van der Waals surface area contributed by atoms with Gasteiger partial charge in [0.2, 0.25) is 0 Å². The predicted octanol–water partition coefficient (Wildman–Crippen LogP) is 6.22. The molecule has 1 saturated carbocycles. The number of carboxylic acids is 1. The number of alkyl halides is 2. The lowest BCUT2D eigenvalue weighted by Crippen LogP contribution is -2.68. The lowest BCUT2D eigenvalue weighted by Gasteiger charge is -2.45. The van der Waals surface area contributed by atoms with E-state index in [0.29, 0.717) is 37.7 Å². The fourth-order valence-corrected chi connectivity index (χ4v) is 4.70. The Bertz CT molecular complexity index is 1070. The number of amides is 2. The first-order valence-corrected chi connectivity index (χ1v) is 13.2. The second kappa shape index (κ2) is 12.9. The van der Waals surface area contributed by atoms with Crippen molar-refractivity contribution in [3.05, 3.63) is 59.7 Å². The van der Waals surface area contributed by atoms with Gasteiger partial charge in [-0.2, -0.15) is 0 Å². The van der Waals surface area contributed by atoms with Crippen molar-refractivity contribution < 1.29 is 33.0 Å². The summed E-state index contributed by atoms with van der Waals surface area (Å²) in [6, 6.07) is 14.2. The van der Waals surface area contributed by atoms with Crippen molar-refractivity contribution in [1.82, 2.24) is 10.2 Å². The van der Waals surface area contributed by atoms with E-state index in [0.717, 1.165) is 24.8 Å². The molecule has 0 radical (unpaired) electrons. The Morgan fingerprint density at radius 3 is 2.29 bits per heavy atom. The fraction of sp³-hybridized carbons (Fsp3) is 0.517. The summed E-state index contributed by atoms with van der Waals surface area (Å²) in [6.07, 6.45) is 1.24. The van der Waals surface area contributed by atoms with Crippen LogP contribution in [0, 0.1) is 0 Å².